The highest BCUT2D eigenvalue weighted by Gasteiger charge is 2.31. The van der Waals surface area contributed by atoms with Gasteiger partial charge < -0.3 is 43.4 Å². The fourth-order valence-electron chi connectivity index (χ4n) is 3.40. The van der Waals surface area contributed by atoms with Crippen molar-refractivity contribution in [3.8, 4) is 0 Å². The second-order valence-electron chi connectivity index (χ2n) is 8.71. The van der Waals surface area contributed by atoms with Crippen LogP contribution in [0.4, 0.5) is 0 Å². The predicted octanol–water partition coefficient (Wildman–Crippen LogP) is -1.72. The van der Waals surface area contributed by atoms with Gasteiger partial charge in [0.25, 0.3) is 0 Å². The Morgan fingerprint density at radius 1 is 0.974 bits per heavy atom. The van der Waals surface area contributed by atoms with Gasteiger partial charge in [0.2, 0.25) is 17.7 Å². The number of benzene rings is 1. The maximum absolute atomic E-state index is 13.3. The molecule has 0 saturated heterocycles. The van der Waals surface area contributed by atoms with Crippen LogP contribution in [0, 0.1) is 0 Å². The SMILES string of the molecule is CSCCC(N)C(=O)NC(Cc1ccccc1)C(=O)NC(CCCN=C(N)N)C(=O)NC(C(=O)O)C(C)O. The topological polar surface area (TPSA) is 235 Å². The van der Waals surface area contributed by atoms with E-state index >= 15 is 0 Å². The fourth-order valence-corrected chi connectivity index (χ4v) is 3.89. The molecule has 13 nitrogen and oxygen atoms in total. The minimum Gasteiger partial charge on any atom is -0.480 e. The number of aliphatic hydroxyl groups is 1. The molecule has 0 aromatic heterocycles. The lowest BCUT2D eigenvalue weighted by molar-refractivity contribution is -0.145. The largest absolute Gasteiger partial charge is 0.480 e. The van der Waals surface area contributed by atoms with Crippen LogP contribution in [0.2, 0.25) is 0 Å². The number of hydrogen-bond acceptors (Lipinski definition) is 8. The summed E-state index contributed by atoms with van der Waals surface area (Å²) < 4.78 is 0. The van der Waals surface area contributed by atoms with Crippen molar-refractivity contribution in [3.63, 3.8) is 0 Å². The number of rotatable bonds is 17. The number of nitrogens with zero attached hydrogens (tertiary/aromatic N) is 1. The minimum atomic E-state index is -1.59. The zero-order chi connectivity index (χ0) is 28.7. The molecule has 3 amide bonds. The van der Waals surface area contributed by atoms with Gasteiger partial charge in [0.05, 0.1) is 12.1 Å². The zero-order valence-corrected chi connectivity index (χ0v) is 22.4. The number of carboxylic acid groups (broad SMARTS) is 1. The average Bonchev–Trinajstić information content (AvgIpc) is 2.86. The molecule has 5 atom stereocenters. The number of carbonyl (C=O) groups is 4. The number of aliphatic hydroxyl groups excluding tert-OH is 1. The molecule has 1 rings (SSSR count). The van der Waals surface area contributed by atoms with E-state index in [0.29, 0.717) is 12.2 Å². The van der Waals surface area contributed by atoms with Crippen molar-refractivity contribution in [3.05, 3.63) is 35.9 Å². The quantitative estimate of drug-likeness (QED) is 0.0617. The second kappa shape index (κ2) is 17.2. The van der Waals surface area contributed by atoms with Crippen LogP contribution in [0.5, 0.6) is 0 Å². The number of guanidine groups is 1. The van der Waals surface area contributed by atoms with Gasteiger partial charge in [-0.25, -0.2) is 4.79 Å². The fraction of sp³-hybridized carbons (Fsp3) is 0.542. The van der Waals surface area contributed by atoms with Crippen molar-refractivity contribution < 1.29 is 29.4 Å². The summed E-state index contributed by atoms with van der Waals surface area (Å²) in [4.78, 5) is 54.3. The molecule has 0 saturated carbocycles. The summed E-state index contributed by atoms with van der Waals surface area (Å²) >= 11 is 1.54. The van der Waals surface area contributed by atoms with Gasteiger partial charge in [0.15, 0.2) is 12.0 Å². The van der Waals surface area contributed by atoms with Crippen molar-refractivity contribution in [1.82, 2.24) is 16.0 Å². The monoisotopic (exact) mass is 553 g/mol. The van der Waals surface area contributed by atoms with Crippen LogP contribution in [-0.2, 0) is 25.6 Å². The first-order valence-electron chi connectivity index (χ1n) is 12.1. The molecule has 38 heavy (non-hydrogen) atoms. The number of nitrogens with two attached hydrogens (primary N) is 3. The van der Waals surface area contributed by atoms with Gasteiger partial charge in [-0.05, 0) is 43.8 Å². The van der Waals surface area contributed by atoms with E-state index in [-0.39, 0.29) is 31.8 Å². The standard InChI is InChI=1S/C24H39N7O6S/c1-14(32)19(23(36)37)31-21(34)17(9-6-11-28-24(26)27)29-22(35)18(13-15-7-4-3-5-8-15)30-20(33)16(25)10-12-38-2/h3-5,7-8,14,16-19,32H,6,9-13,25H2,1-2H3,(H,29,35)(H,30,33)(H,31,34)(H,36,37)(H4,26,27,28). The number of carboxylic acids is 1. The molecule has 5 unspecified atom stereocenters. The summed E-state index contributed by atoms with van der Waals surface area (Å²) in [5.74, 6) is -2.91. The van der Waals surface area contributed by atoms with Gasteiger partial charge in [-0.2, -0.15) is 11.8 Å². The Morgan fingerprint density at radius 3 is 2.13 bits per heavy atom. The van der Waals surface area contributed by atoms with Crippen molar-refractivity contribution >= 4 is 41.4 Å². The first-order chi connectivity index (χ1) is 18.0. The van der Waals surface area contributed by atoms with Crippen LogP contribution >= 0.6 is 11.8 Å². The number of aliphatic carboxylic acids is 1. The molecule has 11 N–H and O–H groups in total. The highest BCUT2D eigenvalue weighted by atomic mass is 32.2. The van der Waals surface area contributed by atoms with E-state index in [1.54, 1.807) is 24.3 Å². The van der Waals surface area contributed by atoms with Crippen LogP contribution in [-0.4, -0.2) is 88.7 Å². The molecule has 0 radical (unpaired) electrons. The molecule has 1 aromatic carbocycles. The Balaban J connectivity index is 3.12. The Morgan fingerprint density at radius 2 is 1.58 bits per heavy atom. The van der Waals surface area contributed by atoms with Crippen LogP contribution in [0.3, 0.4) is 0 Å². The van der Waals surface area contributed by atoms with Gasteiger partial charge >= 0.3 is 5.97 Å². The number of hydrogen-bond donors (Lipinski definition) is 8. The molecule has 0 spiro atoms. The number of carbonyl (C=O) groups excluding carboxylic acids is 3. The first-order valence-corrected chi connectivity index (χ1v) is 13.5. The summed E-state index contributed by atoms with van der Waals surface area (Å²) in [5, 5.41) is 26.6. The molecule has 0 fully saturated rings. The van der Waals surface area contributed by atoms with Crippen molar-refractivity contribution in [2.45, 2.75) is 62.9 Å². The Kier molecular flexibility index (Phi) is 14.8. The smallest absolute Gasteiger partial charge is 0.328 e. The number of nitrogens with one attached hydrogen (secondary N) is 3. The van der Waals surface area contributed by atoms with Crippen molar-refractivity contribution in [2.75, 3.05) is 18.6 Å². The Bertz CT molecular complexity index is 943. The molecule has 0 bridgehead atoms. The predicted molar refractivity (Wildman–Crippen MR) is 146 cm³/mol. The maximum Gasteiger partial charge on any atom is 0.328 e. The molecular formula is C24H39N7O6S. The van der Waals surface area contributed by atoms with Gasteiger partial charge in [0, 0.05) is 13.0 Å². The normalized spacial score (nSPS) is 14.7. The van der Waals surface area contributed by atoms with E-state index < -0.39 is 54.0 Å². The van der Waals surface area contributed by atoms with Crippen molar-refractivity contribution in [2.24, 2.45) is 22.2 Å². The van der Waals surface area contributed by atoms with E-state index in [9.17, 15) is 29.4 Å². The Hall–Kier alpha value is -3.36. The molecule has 0 heterocycles. The molecule has 212 valence electrons. The summed E-state index contributed by atoms with van der Waals surface area (Å²) in [6.45, 7) is 1.38. The summed E-state index contributed by atoms with van der Waals surface area (Å²) in [5.41, 5.74) is 17.4. The summed E-state index contributed by atoms with van der Waals surface area (Å²) in [6, 6.07) is 4.30. The zero-order valence-electron chi connectivity index (χ0n) is 21.6. The lowest BCUT2D eigenvalue weighted by Gasteiger charge is -2.26. The van der Waals surface area contributed by atoms with Gasteiger partial charge in [-0.1, -0.05) is 30.3 Å². The van der Waals surface area contributed by atoms with Gasteiger partial charge in [-0.3, -0.25) is 19.4 Å². The maximum atomic E-state index is 13.3. The third kappa shape index (κ3) is 12.3. The lowest BCUT2D eigenvalue weighted by atomic mass is 10.0. The van der Waals surface area contributed by atoms with Crippen LogP contribution in [0.1, 0.15) is 31.7 Å². The van der Waals surface area contributed by atoms with E-state index in [1.165, 1.54) is 18.7 Å². The number of amides is 3. The van der Waals surface area contributed by atoms with E-state index in [0.717, 1.165) is 5.56 Å². The average molecular weight is 554 g/mol. The van der Waals surface area contributed by atoms with E-state index in [4.69, 9.17) is 17.2 Å². The summed E-state index contributed by atoms with van der Waals surface area (Å²) in [6.07, 6.45) is 1.38. The highest BCUT2D eigenvalue weighted by molar-refractivity contribution is 7.98. The number of aliphatic imine (C=N–C) groups is 1. The first kappa shape index (κ1) is 32.7. The van der Waals surface area contributed by atoms with E-state index in [1.807, 2.05) is 12.3 Å². The third-order valence-electron chi connectivity index (χ3n) is 5.51. The molecule has 14 heteroatoms. The van der Waals surface area contributed by atoms with Gasteiger partial charge in [-0.15, -0.1) is 0 Å². The molecule has 0 aliphatic carbocycles. The molecule has 1 aromatic rings. The Labute approximate surface area is 226 Å². The highest BCUT2D eigenvalue weighted by Crippen LogP contribution is 2.08. The van der Waals surface area contributed by atoms with Crippen LogP contribution < -0.4 is 33.2 Å². The van der Waals surface area contributed by atoms with Gasteiger partial charge in [0.1, 0.15) is 12.1 Å². The number of thioether (sulfide) groups is 1. The molecule has 0 aliphatic heterocycles. The van der Waals surface area contributed by atoms with E-state index in [2.05, 4.69) is 20.9 Å². The lowest BCUT2D eigenvalue weighted by Crippen LogP contribution is -2.58. The third-order valence-corrected chi connectivity index (χ3v) is 6.15. The second-order valence-corrected chi connectivity index (χ2v) is 9.70. The minimum absolute atomic E-state index is 0.0553. The van der Waals surface area contributed by atoms with Crippen LogP contribution in [0.15, 0.2) is 35.3 Å². The van der Waals surface area contributed by atoms with Crippen molar-refractivity contribution in [1.29, 1.82) is 0 Å². The molecule has 0 aliphatic rings. The summed E-state index contributed by atoms with van der Waals surface area (Å²) in [7, 11) is 0. The molecular weight excluding hydrogens is 514 g/mol. The van der Waals surface area contributed by atoms with Crippen LogP contribution in [0.25, 0.3) is 0 Å².